The average molecular weight is 215 g/mol. The van der Waals surface area contributed by atoms with E-state index in [-0.39, 0.29) is 0 Å². The van der Waals surface area contributed by atoms with Crippen LogP contribution in [0, 0.1) is 5.92 Å². The lowest BCUT2D eigenvalue weighted by atomic mass is 9.82. The Balaban J connectivity index is 1.65. The molecule has 3 rings (SSSR count). The fourth-order valence-corrected chi connectivity index (χ4v) is 2.39. The van der Waals surface area contributed by atoms with Crippen LogP contribution in [0.2, 0.25) is 0 Å². The maximum absolute atomic E-state index is 4.56. The summed E-state index contributed by atoms with van der Waals surface area (Å²) in [5.41, 5.74) is 2.16. The zero-order valence-electron chi connectivity index (χ0n) is 9.56. The highest BCUT2D eigenvalue weighted by molar-refractivity contribution is 5.39. The molecule has 1 fully saturated rings. The lowest BCUT2D eigenvalue weighted by Gasteiger charge is -2.33. The molecule has 2 aromatic heterocycles. The molecule has 84 valence electrons. The minimum atomic E-state index is 0.708. The van der Waals surface area contributed by atoms with Crippen LogP contribution in [0.1, 0.15) is 25.5 Å². The van der Waals surface area contributed by atoms with Gasteiger partial charge in [-0.15, -0.1) is 0 Å². The summed E-state index contributed by atoms with van der Waals surface area (Å²) in [6.07, 6.45) is 6.77. The molecule has 3 nitrogen and oxygen atoms in total. The Morgan fingerprint density at radius 1 is 1.44 bits per heavy atom. The van der Waals surface area contributed by atoms with Crippen LogP contribution >= 0.6 is 0 Å². The summed E-state index contributed by atoms with van der Waals surface area (Å²) >= 11 is 0. The van der Waals surface area contributed by atoms with E-state index in [0.29, 0.717) is 6.04 Å². The largest absolute Gasteiger partial charge is 0.308 e. The van der Waals surface area contributed by atoms with Crippen LogP contribution < -0.4 is 5.32 Å². The fraction of sp³-hybridized carbons (Fsp3) is 0.462. The summed E-state index contributed by atoms with van der Waals surface area (Å²) in [6.45, 7) is 3.20. The second kappa shape index (κ2) is 3.91. The van der Waals surface area contributed by atoms with Crippen LogP contribution in [-0.4, -0.2) is 15.4 Å². The minimum Gasteiger partial charge on any atom is -0.308 e. The molecule has 2 aromatic rings. The van der Waals surface area contributed by atoms with E-state index in [4.69, 9.17) is 0 Å². The van der Waals surface area contributed by atoms with Crippen molar-refractivity contribution in [2.24, 2.45) is 5.92 Å². The van der Waals surface area contributed by atoms with E-state index in [1.54, 1.807) is 0 Å². The molecule has 0 amide bonds. The molecule has 1 saturated carbocycles. The van der Waals surface area contributed by atoms with Crippen LogP contribution in [0.3, 0.4) is 0 Å². The van der Waals surface area contributed by atoms with E-state index >= 15 is 0 Å². The van der Waals surface area contributed by atoms with Crippen LogP contribution in [0.15, 0.2) is 30.6 Å². The third kappa shape index (κ3) is 1.83. The molecule has 1 aliphatic rings. The molecule has 1 N–H and O–H groups in total. The molecule has 0 aliphatic heterocycles. The van der Waals surface area contributed by atoms with Gasteiger partial charge in [0.25, 0.3) is 0 Å². The van der Waals surface area contributed by atoms with Crippen LogP contribution in [0.4, 0.5) is 0 Å². The zero-order chi connectivity index (χ0) is 11.0. The quantitative estimate of drug-likeness (QED) is 0.850. The highest BCUT2D eigenvalue weighted by atomic mass is 15.0. The third-order valence-electron chi connectivity index (χ3n) is 3.36. The molecule has 0 aromatic carbocycles. The van der Waals surface area contributed by atoms with Gasteiger partial charge in [-0.25, -0.2) is 4.98 Å². The first kappa shape index (κ1) is 9.85. The summed E-state index contributed by atoms with van der Waals surface area (Å²) < 4.78 is 2.07. The number of rotatable bonds is 3. The Morgan fingerprint density at radius 3 is 3.06 bits per heavy atom. The van der Waals surface area contributed by atoms with E-state index in [0.717, 1.165) is 23.8 Å². The van der Waals surface area contributed by atoms with Gasteiger partial charge < -0.3 is 9.72 Å². The SMILES string of the molecule is CC1CC(NCc2cn3ccccc3n2)C1. The molecule has 16 heavy (non-hydrogen) atoms. The van der Waals surface area contributed by atoms with Gasteiger partial charge in [-0.3, -0.25) is 0 Å². The molecule has 0 unspecified atom stereocenters. The summed E-state index contributed by atoms with van der Waals surface area (Å²) in [7, 11) is 0. The molecule has 2 heterocycles. The van der Waals surface area contributed by atoms with E-state index in [1.165, 1.54) is 12.8 Å². The molecule has 0 saturated heterocycles. The zero-order valence-corrected chi connectivity index (χ0v) is 9.56. The Morgan fingerprint density at radius 2 is 2.31 bits per heavy atom. The predicted molar refractivity (Wildman–Crippen MR) is 64.2 cm³/mol. The van der Waals surface area contributed by atoms with E-state index in [9.17, 15) is 0 Å². The van der Waals surface area contributed by atoms with Gasteiger partial charge in [-0.05, 0) is 30.9 Å². The first-order valence-corrected chi connectivity index (χ1v) is 5.97. The maximum Gasteiger partial charge on any atom is 0.137 e. The Bertz CT molecular complexity index is 450. The van der Waals surface area contributed by atoms with Gasteiger partial charge in [0.05, 0.1) is 5.69 Å². The molecule has 0 radical (unpaired) electrons. The van der Waals surface area contributed by atoms with Gasteiger partial charge in [-0.2, -0.15) is 0 Å². The van der Waals surface area contributed by atoms with Gasteiger partial charge in [-0.1, -0.05) is 13.0 Å². The number of fused-ring (bicyclic) bond motifs is 1. The molecular formula is C13H17N3. The molecule has 0 bridgehead atoms. The van der Waals surface area contributed by atoms with Crippen molar-refractivity contribution in [3.8, 4) is 0 Å². The molecule has 1 aliphatic carbocycles. The fourth-order valence-electron chi connectivity index (χ4n) is 2.39. The summed E-state index contributed by atoms with van der Waals surface area (Å²) in [5.74, 6) is 0.901. The normalized spacial score (nSPS) is 24.6. The van der Waals surface area contributed by atoms with Gasteiger partial charge >= 0.3 is 0 Å². The number of aromatic nitrogens is 2. The van der Waals surface area contributed by atoms with E-state index < -0.39 is 0 Å². The molecule has 0 atom stereocenters. The number of nitrogens with zero attached hydrogens (tertiary/aromatic N) is 2. The third-order valence-corrected chi connectivity index (χ3v) is 3.36. The maximum atomic E-state index is 4.56. The topological polar surface area (TPSA) is 29.3 Å². The van der Waals surface area contributed by atoms with Crippen LogP contribution in [-0.2, 0) is 6.54 Å². The number of nitrogens with one attached hydrogen (secondary N) is 1. The number of imidazole rings is 1. The van der Waals surface area contributed by atoms with Gasteiger partial charge in [0.15, 0.2) is 0 Å². The van der Waals surface area contributed by atoms with Crippen molar-refractivity contribution >= 4 is 5.65 Å². The van der Waals surface area contributed by atoms with Gasteiger partial charge in [0, 0.05) is 25.0 Å². The molecule has 3 heteroatoms. The summed E-state index contributed by atoms with van der Waals surface area (Å²) in [4.78, 5) is 4.56. The van der Waals surface area contributed by atoms with Gasteiger partial charge in [0.2, 0.25) is 0 Å². The lowest BCUT2D eigenvalue weighted by Crippen LogP contribution is -2.39. The van der Waals surface area contributed by atoms with Crippen LogP contribution in [0.5, 0.6) is 0 Å². The molecular weight excluding hydrogens is 198 g/mol. The number of hydrogen-bond donors (Lipinski definition) is 1. The van der Waals surface area contributed by atoms with E-state index in [1.807, 2.05) is 24.4 Å². The van der Waals surface area contributed by atoms with Crippen molar-refractivity contribution in [2.45, 2.75) is 32.4 Å². The first-order chi connectivity index (χ1) is 7.81. The Kier molecular flexibility index (Phi) is 2.40. The van der Waals surface area contributed by atoms with E-state index in [2.05, 4.69) is 27.8 Å². The lowest BCUT2D eigenvalue weighted by molar-refractivity contribution is 0.240. The number of hydrogen-bond acceptors (Lipinski definition) is 2. The molecule has 0 spiro atoms. The van der Waals surface area contributed by atoms with Crippen molar-refractivity contribution < 1.29 is 0 Å². The van der Waals surface area contributed by atoms with Crippen molar-refractivity contribution in [3.63, 3.8) is 0 Å². The predicted octanol–water partition coefficient (Wildman–Crippen LogP) is 2.22. The highest BCUT2D eigenvalue weighted by Crippen LogP contribution is 2.26. The minimum absolute atomic E-state index is 0.708. The smallest absolute Gasteiger partial charge is 0.137 e. The van der Waals surface area contributed by atoms with Crippen molar-refractivity contribution in [2.75, 3.05) is 0 Å². The Labute approximate surface area is 95.5 Å². The average Bonchev–Trinajstić information content (AvgIpc) is 2.65. The highest BCUT2D eigenvalue weighted by Gasteiger charge is 2.24. The summed E-state index contributed by atoms with van der Waals surface area (Å²) in [6, 6.07) is 6.79. The van der Waals surface area contributed by atoms with Gasteiger partial charge in [0.1, 0.15) is 5.65 Å². The summed E-state index contributed by atoms with van der Waals surface area (Å²) in [5, 5.41) is 3.55. The first-order valence-electron chi connectivity index (χ1n) is 5.97. The second-order valence-corrected chi connectivity index (χ2v) is 4.85. The van der Waals surface area contributed by atoms with Crippen molar-refractivity contribution in [3.05, 3.63) is 36.3 Å². The Hall–Kier alpha value is -1.35. The second-order valence-electron chi connectivity index (χ2n) is 4.85. The standard InChI is InChI=1S/C13H17N3/c1-10-6-11(7-10)14-8-12-9-16-5-3-2-4-13(16)15-12/h2-5,9-11,14H,6-8H2,1H3. The van der Waals surface area contributed by atoms with Crippen LogP contribution in [0.25, 0.3) is 5.65 Å². The van der Waals surface area contributed by atoms with Crippen molar-refractivity contribution in [1.82, 2.24) is 14.7 Å². The number of pyridine rings is 1. The van der Waals surface area contributed by atoms with Crippen molar-refractivity contribution in [1.29, 1.82) is 0 Å². The monoisotopic (exact) mass is 215 g/mol.